The second kappa shape index (κ2) is 2.03. The van der Waals surface area contributed by atoms with E-state index in [1.807, 2.05) is 0 Å². The summed E-state index contributed by atoms with van der Waals surface area (Å²) >= 11 is 0. The van der Waals surface area contributed by atoms with Gasteiger partial charge < -0.3 is 0 Å². The van der Waals surface area contributed by atoms with Crippen molar-refractivity contribution in [3.05, 3.63) is 10.1 Å². The van der Waals surface area contributed by atoms with E-state index in [9.17, 15) is 10.1 Å². The standard InChI is InChI=1S/H4N4O3S/c1-3-8(2,7)4(5)6/h1,7H,2H2. The number of nitro groups is 1. The molecule has 1 atom stereocenters. The van der Waals surface area contributed by atoms with Gasteiger partial charge in [-0.05, 0) is 4.52 Å². The second-order valence-electron chi connectivity index (χ2n) is 0.876. The highest BCUT2D eigenvalue weighted by atomic mass is 32.3. The summed E-state index contributed by atoms with van der Waals surface area (Å²) in [6, 6.07) is 0. The van der Waals surface area contributed by atoms with Crippen LogP contribution in [-0.4, -0.2) is 8.88 Å². The van der Waals surface area contributed by atoms with Crippen molar-refractivity contribution in [2.75, 3.05) is 0 Å². The molecule has 0 radical (unpaired) electrons. The lowest BCUT2D eigenvalue weighted by Gasteiger charge is -2.06. The van der Waals surface area contributed by atoms with Crippen LogP contribution >= 0.6 is 10.9 Å². The summed E-state index contributed by atoms with van der Waals surface area (Å²) < 4.78 is 9.20. The van der Waals surface area contributed by atoms with E-state index in [0.29, 0.717) is 0 Å². The molecule has 0 aromatic heterocycles. The third kappa shape index (κ3) is 1.40. The third-order valence-electron chi connectivity index (χ3n) is 0.354. The number of rotatable bonds is 2. The van der Waals surface area contributed by atoms with Gasteiger partial charge in [-0.25, -0.2) is 10.1 Å². The molecule has 0 fully saturated rings. The average Bonchev–Trinajstić information content (AvgIpc) is 1.67. The number of nitrogens with one attached hydrogen (secondary N) is 1. The van der Waals surface area contributed by atoms with E-state index in [-0.39, 0.29) is 0 Å². The molecule has 1 unspecified atom stereocenters. The molecule has 0 heterocycles. The fourth-order valence-corrected chi connectivity index (χ4v) is 0.100. The van der Waals surface area contributed by atoms with Gasteiger partial charge in [0.25, 0.3) is 0 Å². The summed E-state index contributed by atoms with van der Waals surface area (Å²) in [6.45, 7) is 0. The van der Waals surface area contributed by atoms with E-state index in [1.54, 1.807) is 0 Å². The zero-order valence-corrected chi connectivity index (χ0v) is 4.46. The van der Waals surface area contributed by atoms with E-state index in [2.05, 4.69) is 9.66 Å². The van der Waals surface area contributed by atoms with Crippen LogP contribution in [0.15, 0.2) is 4.52 Å². The van der Waals surface area contributed by atoms with E-state index in [1.165, 1.54) is 0 Å². The van der Waals surface area contributed by atoms with Gasteiger partial charge in [0, 0.05) is 0 Å². The molecular weight excluding hydrogens is 136 g/mol. The maximum absolute atomic E-state index is 9.51. The molecule has 0 saturated carbocycles. The monoisotopic (exact) mass is 140 g/mol. The Morgan fingerprint density at radius 2 is 2.38 bits per heavy atom. The van der Waals surface area contributed by atoms with Crippen LogP contribution < -0.4 is 5.14 Å². The zero-order chi connectivity index (χ0) is 6.78. The Bertz CT molecular complexity index is 118. The van der Waals surface area contributed by atoms with Crippen LogP contribution in [0.5, 0.6) is 0 Å². The predicted molar refractivity (Wildman–Crippen MR) is 26.5 cm³/mol. The van der Waals surface area contributed by atoms with Gasteiger partial charge in [0.2, 0.25) is 0 Å². The highest BCUT2D eigenvalue weighted by Crippen LogP contribution is 2.34. The molecular formula is H4N4O3S. The molecule has 0 aliphatic carbocycles. The first-order valence-electron chi connectivity index (χ1n) is 1.37. The van der Waals surface area contributed by atoms with Gasteiger partial charge in [0.05, 0.1) is 0 Å². The molecule has 8 heteroatoms. The van der Waals surface area contributed by atoms with Crippen LogP contribution in [-0.2, 0) is 0 Å². The molecule has 8 heavy (non-hydrogen) atoms. The summed E-state index contributed by atoms with van der Waals surface area (Å²) in [5.74, 6) is 0. The van der Waals surface area contributed by atoms with Crippen molar-refractivity contribution >= 4 is 10.9 Å². The van der Waals surface area contributed by atoms with Gasteiger partial charge in [0.1, 0.15) is 4.33 Å². The fraction of sp³-hybridized carbons (Fsp3) is 0. The molecule has 7 nitrogen and oxygen atoms in total. The molecule has 0 saturated heterocycles. The molecule has 0 amide bonds. The lowest BCUT2D eigenvalue weighted by atomic mass is 13.3. The van der Waals surface area contributed by atoms with Crippen molar-refractivity contribution in [2.45, 2.75) is 0 Å². The number of hydrogen-bond acceptors (Lipinski definition) is 6. The summed E-state index contributed by atoms with van der Waals surface area (Å²) in [5, 5.41) is 14.0. The number of nitrogens with zero attached hydrogens (tertiary/aromatic N) is 2. The minimum atomic E-state index is -3.72. The topological polar surface area (TPSA) is 126 Å². The van der Waals surface area contributed by atoms with Crippen molar-refractivity contribution in [1.29, 1.82) is 5.53 Å². The summed E-state index contributed by atoms with van der Waals surface area (Å²) in [7, 11) is -3.72. The Morgan fingerprint density at radius 1 is 2.00 bits per heavy atom. The molecule has 0 aromatic rings. The van der Waals surface area contributed by atoms with Crippen LogP contribution in [0.1, 0.15) is 0 Å². The van der Waals surface area contributed by atoms with Gasteiger partial charge in [-0.15, -0.1) is 0 Å². The molecule has 0 aliphatic heterocycles. The third-order valence-corrected chi connectivity index (χ3v) is 1.06. The van der Waals surface area contributed by atoms with Crippen molar-refractivity contribution in [2.24, 2.45) is 9.66 Å². The fourth-order valence-electron chi connectivity index (χ4n) is 0.0333. The molecule has 0 rings (SSSR count). The Labute approximate surface area is 46.1 Å². The first kappa shape index (κ1) is 7.27. The molecule has 0 aliphatic rings. The zero-order valence-electron chi connectivity index (χ0n) is 3.64. The Balaban J connectivity index is 4.12. The van der Waals surface area contributed by atoms with Crippen molar-refractivity contribution < 1.29 is 8.88 Å². The highest BCUT2D eigenvalue weighted by Gasteiger charge is 2.26. The van der Waals surface area contributed by atoms with E-state index >= 15 is 0 Å². The largest absolute Gasteiger partial charge is 0.325 e. The number of hydrogen-bond donors (Lipinski definition) is 3. The minimum Gasteiger partial charge on any atom is -0.266 e. The van der Waals surface area contributed by atoms with Crippen LogP contribution in [0.2, 0.25) is 0 Å². The van der Waals surface area contributed by atoms with Crippen LogP contribution in [0, 0.1) is 15.6 Å². The van der Waals surface area contributed by atoms with E-state index in [0.717, 1.165) is 0 Å². The van der Waals surface area contributed by atoms with Crippen LogP contribution in [0.3, 0.4) is 0 Å². The van der Waals surface area contributed by atoms with E-state index in [4.69, 9.17) is 10.1 Å². The van der Waals surface area contributed by atoms with Crippen molar-refractivity contribution in [3.8, 4) is 0 Å². The Morgan fingerprint density at radius 3 is 2.38 bits per heavy atom. The molecule has 0 spiro atoms. The summed E-state index contributed by atoms with van der Waals surface area (Å²) in [5.41, 5.74) is 5.98. The molecule has 4 N–H and O–H groups in total. The quantitative estimate of drug-likeness (QED) is 0.289. The first-order chi connectivity index (χ1) is 3.50. The molecule has 0 bridgehead atoms. The first-order valence-corrected chi connectivity index (χ1v) is 2.94. The SMILES string of the molecule is N=NS(N)(O)[N+](=O)[O-]. The van der Waals surface area contributed by atoms with Gasteiger partial charge in [-0.2, -0.15) is 10.7 Å². The molecule has 0 aromatic carbocycles. The van der Waals surface area contributed by atoms with Crippen molar-refractivity contribution in [3.63, 3.8) is 0 Å². The van der Waals surface area contributed by atoms with Crippen LogP contribution in [0.4, 0.5) is 0 Å². The van der Waals surface area contributed by atoms with Gasteiger partial charge in [-0.3, -0.25) is 4.55 Å². The normalized spacial score (nSPS) is 20.8. The van der Waals surface area contributed by atoms with Crippen molar-refractivity contribution in [1.82, 2.24) is 0 Å². The summed E-state index contributed by atoms with van der Waals surface area (Å²) in [6.07, 6.45) is 0. The molecule has 48 valence electrons. The second-order valence-corrected chi connectivity index (χ2v) is 2.48. The van der Waals surface area contributed by atoms with E-state index < -0.39 is 15.2 Å². The predicted octanol–water partition coefficient (Wildman–Crippen LogP) is 0.275. The minimum absolute atomic E-state index is 1.19. The highest BCUT2D eigenvalue weighted by molar-refractivity contribution is 8.20. The number of nitrogens with two attached hydrogens (primary N) is 1. The summed E-state index contributed by atoms with van der Waals surface area (Å²) in [4.78, 5) is 9.51. The van der Waals surface area contributed by atoms with Gasteiger partial charge in [-0.1, -0.05) is 0 Å². The average molecular weight is 140 g/mol. The Kier molecular flexibility index (Phi) is 1.84. The lowest BCUT2D eigenvalue weighted by Crippen LogP contribution is -2.14. The smallest absolute Gasteiger partial charge is 0.266 e. The lowest BCUT2D eigenvalue weighted by molar-refractivity contribution is -0.308. The maximum Gasteiger partial charge on any atom is 0.325 e. The van der Waals surface area contributed by atoms with Crippen LogP contribution in [0.25, 0.3) is 0 Å². The van der Waals surface area contributed by atoms with Gasteiger partial charge >= 0.3 is 10.9 Å². The van der Waals surface area contributed by atoms with Gasteiger partial charge in [0.15, 0.2) is 0 Å². The maximum atomic E-state index is 9.51. The Hall–Kier alpha value is -0.730.